The van der Waals surface area contributed by atoms with Crippen molar-refractivity contribution in [3.8, 4) is 11.8 Å². The van der Waals surface area contributed by atoms with Gasteiger partial charge < -0.3 is 15.4 Å². The third-order valence-corrected chi connectivity index (χ3v) is 3.87. The van der Waals surface area contributed by atoms with Crippen molar-refractivity contribution in [1.29, 1.82) is 5.26 Å². The lowest BCUT2D eigenvalue weighted by atomic mass is 9.97. The lowest BCUT2D eigenvalue weighted by Gasteiger charge is -2.31. The number of nitrogens with zero attached hydrogens (tertiary/aromatic N) is 2. The van der Waals surface area contributed by atoms with Crippen molar-refractivity contribution in [2.45, 2.75) is 12.8 Å². The second-order valence-electron chi connectivity index (χ2n) is 5.44. The fourth-order valence-corrected chi connectivity index (χ4v) is 2.60. The van der Waals surface area contributed by atoms with Crippen molar-refractivity contribution < 1.29 is 14.3 Å². The van der Waals surface area contributed by atoms with Crippen molar-refractivity contribution in [3.05, 3.63) is 35.4 Å². The number of ether oxygens (including phenoxy) is 1. The Balaban J connectivity index is 2.19. The number of carbonyl (C=O) groups excluding carboxylic acids is 2. The zero-order chi connectivity index (χ0) is 16.8. The molecule has 120 valence electrons. The smallest absolute Gasteiger partial charge is 0.264 e. The fourth-order valence-electron chi connectivity index (χ4n) is 2.60. The second-order valence-corrected chi connectivity index (χ2v) is 5.44. The molecule has 0 spiro atoms. The highest BCUT2D eigenvalue weighted by Crippen LogP contribution is 2.20. The minimum atomic E-state index is -0.405. The fraction of sp³-hybridized carbons (Fsp3) is 0.353. The van der Waals surface area contributed by atoms with E-state index in [4.69, 9.17) is 10.5 Å². The summed E-state index contributed by atoms with van der Waals surface area (Å²) in [6.45, 7) is 0.797. The second kappa shape index (κ2) is 7.45. The molecule has 1 aromatic rings. The van der Waals surface area contributed by atoms with E-state index in [1.807, 2.05) is 6.07 Å². The normalized spacial score (nSPS) is 18.2. The molecule has 0 radical (unpaired) electrons. The highest BCUT2D eigenvalue weighted by atomic mass is 16.5. The van der Waals surface area contributed by atoms with Gasteiger partial charge in [-0.05, 0) is 36.6 Å². The van der Waals surface area contributed by atoms with Crippen LogP contribution < -0.4 is 10.5 Å². The quantitative estimate of drug-likeness (QED) is 0.670. The number of rotatable bonds is 4. The summed E-state index contributed by atoms with van der Waals surface area (Å²) in [5.41, 5.74) is 6.06. The first-order valence-corrected chi connectivity index (χ1v) is 7.39. The first-order valence-electron chi connectivity index (χ1n) is 7.39. The van der Waals surface area contributed by atoms with E-state index < -0.39 is 5.91 Å². The minimum Gasteiger partial charge on any atom is -0.497 e. The molecule has 2 amide bonds. The van der Waals surface area contributed by atoms with Gasteiger partial charge in [-0.15, -0.1) is 0 Å². The van der Waals surface area contributed by atoms with Gasteiger partial charge in [0.2, 0.25) is 5.91 Å². The van der Waals surface area contributed by atoms with E-state index in [9.17, 15) is 14.9 Å². The number of primary amides is 1. The molecule has 1 atom stereocenters. The van der Waals surface area contributed by atoms with Crippen LogP contribution in [0.5, 0.6) is 5.75 Å². The number of piperidine rings is 1. The van der Waals surface area contributed by atoms with Gasteiger partial charge in [0, 0.05) is 13.1 Å². The summed E-state index contributed by atoms with van der Waals surface area (Å²) >= 11 is 0. The maximum atomic E-state index is 12.5. The summed E-state index contributed by atoms with van der Waals surface area (Å²) in [4.78, 5) is 25.3. The number of nitrogens with two attached hydrogens (primary N) is 1. The minimum absolute atomic E-state index is 0.0309. The predicted molar refractivity (Wildman–Crippen MR) is 85.1 cm³/mol. The van der Waals surface area contributed by atoms with Gasteiger partial charge in [-0.1, -0.05) is 12.1 Å². The van der Waals surface area contributed by atoms with Gasteiger partial charge in [0.25, 0.3) is 5.91 Å². The van der Waals surface area contributed by atoms with Crippen LogP contribution in [0, 0.1) is 17.2 Å². The van der Waals surface area contributed by atoms with E-state index >= 15 is 0 Å². The van der Waals surface area contributed by atoms with Crippen molar-refractivity contribution in [2.24, 2.45) is 11.7 Å². The molecular formula is C17H19N3O3. The summed E-state index contributed by atoms with van der Waals surface area (Å²) in [6, 6.07) is 9.04. The lowest BCUT2D eigenvalue weighted by Crippen LogP contribution is -2.44. The van der Waals surface area contributed by atoms with Crippen LogP contribution in [0.25, 0.3) is 6.08 Å². The average molecular weight is 313 g/mol. The molecule has 0 aliphatic carbocycles. The Labute approximate surface area is 135 Å². The number of likely N-dealkylation sites (tertiary alicyclic amines) is 1. The van der Waals surface area contributed by atoms with Gasteiger partial charge in [0.1, 0.15) is 17.4 Å². The molecule has 1 heterocycles. The van der Waals surface area contributed by atoms with Crippen LogP contribution in [-0.4, -0.2) is 36.9 Å². The summed E-state index contributed by atoms with van der Waals surface area (Å²) in [5.74, 6) is -0.473. The number of benzene rings is 1. The summed E-state index contributed by atoms with van der Waals surface area (Å²) in [6.07, 6.45) is 2.91. The maximum Gasteiger partial charge on any atom is 0.264 e. The number of amides is 2. The van der Waals surface area contributed by atoms with E-state index in [1.54, 1.807) is 31.4 Å². The first kappa shape index (κ1) is 16.6. The number of methoxy groups -OCH3 is 1. The highest BCUT2D eigenvalue weighted by Gasteiger charge is 2.28. The van der Waals surface area contributed by atoms with Crippen LogP contribution >= 0.6 is 0 Å². The topological polar surface area (TPSA) is 96.4 Å². The van der Waals surface area contributed by atoms with Crippen LogP contribution in [0.4, 0.5) is 0 Å². The van der Waals surface area contributed by atoms with Crippen molar-refractivity contribution in [3.63, 3.8) is 0 Å². The highest BCUT2D eigenvalue weighted by molar-refractivity contribution is 6.02. The third-order valence-electron chi connectivity index (χ3n) is 3.87. The van der Waals surface area contributed by atoms with E-state index in [-0.39, 0.29) is 23.9 Å². The van der Waals surface area contributed by atoms with Crippen LogP contribution in [0.15, 0.2) is 29.8 Å². The number of hydrogen-bond acceptors (Lipinski definition) is 4. The molecular weight excluding hydrogens is 294 g/mol. The predicted octanol–water partition coefficient (Wildman–Crippen LogP) is 1.33. The molecule has 1 aliphatic heterocycles. The molecule has 1 fully saturated rings. The molecule has 6 heteroatoms. The molecule has 0 aromatic heterocycles. The molecule has 0 bridgehead atoms. The van der Waals surface area contributed by atoms with E-state index in [1.165, 1.54) is 11.0 Å². The van der Waals surface area contributed by atoms with Gasteiger partial charge in [0.15, 0.2) is 0 Å². The Morgan fingerprint density at radius 3 is 2.91 bits per heavy atom. The Hall–Kier alpha value is -2.81. The molecule has 2 N–H and O–H groups in total. The van der Waals surface area contributed by atoms with Gasteiger partial charge in [-0.3, -0.25) is 9.59 Å². The molecule has 23 heavy (non-hydrogen) atoms. The zero-order valence-corrected chi connectivity index (χ0v) is 13.0. The van der Waals surface area contributed by atoms with Crippen LogP contribution in [-0.2, 0) is 9.59 Å². The molecule has 6 nitrogen and oxygen atoms in total. The Bertz CT molecular complexity index is 676. The maximum absolute atomic E-state index is 12.5. The van der Waals surface area contributed by atoms with Crippen LogP contribution in [0.3, 0.4) is 0 Å². The Morgan fingerprint density at radius 1 is 1.48 bits per heavy atom. The van der Waals surface area contributed by atoms with Gasteiger partial charge >= 0.3 is 0 Å². The van der Waals surface area contributed by atoms with Crippen molar-refractivity contribution in [1.82, 2.24) is 4.90 Å². The van der Waals surface area contributed by atoms with Gasteiger partial charge in [0.05, 0.1) is 13.0 Å². The number of carbonyl (C=O) groups is 2. The number of hydrogen-bond donors (Lipinski definition) is 1. The van der Waals surface area contributed by atoms with Crippen molar-refractivity contribution >= 4 is 17.9 Å². The summed E-state index contributed by atoms with van der Waals surface area (Å²) < 4.78 is 5.13. The van der Waals surface area contributed by atoms with Gasteiger partial charge in [-0.2, -0.15) is 5.26 Å². The monoisotopic (exact) mass is 313 g/mol. The van der Waals surface area contributed by atoms with Gasteiger partial charge in [-0.25, -0.2) is 0 Å². The van der Waals surface area contributed by atoms with E-state index in [0.29, 0.717) is 30.7 Å². The Morgan fingerprint density at radius 2 is 2.26 bits per heavy atom. The molecule has 0 saturated carbocycles. The standard InChI is InChI=1S/C17H19N3O3/c1-23-15-6-2-4-12(9-15)8-14(10-18)17(22)20-7-3-5-13(11-20)16(19)21/h2,4,6,8-9,13H,3,5,7,11H2,1H3,(H2,19,21)/b14-8-/t13-/m1/s1. The van der Waals surface area contributed by atoms with Crippen molar-refractivity contribution in [2.75, 3.05) is 20.2 Å². The molecule has 1 aromatic carbocycles. The summed E-state index contributed by atoms with van der Waals surface area (Å²) in [7, 11) is 1.55. The summed E-state index contributed by atoms with van der Waals surface area (Å²) in [5, 5.41) is 9.30. The molecule has 0 unspecified atom stereocenters. The molecule has 1 aliphatic rings. The largest absolute Gasteiger partial charge is 0.497 e. The van der Waals surface area contributed by atoms with E-state index in [2.05, 4.69) is 0 Å². The zero-order valence-electron chi connectivity index (χ0n) is 13.0. The SMILES string of the molecule is COc1cccc(/C=C(/C#N)C(=O)N2CCC[C@@H](C(N)=O)C2)c1. The lowest BCUT2D eigenvalue weighted by molar-refractivity contribution is -0.131. The molecule has 1 saturated heterocycles. The number of nitriles is 1. The molecule has 2 rings (SSSR count). The van der Waals surface area contributed by atoms with Crippen LogP contribution in [0.2, 0.25) is 0 Å². The average Bonchev–Trinajstić information content (AvgIpc) is 2.59. The first-order chi connectivity index (χ1) is 11.0. The van der Waals surface area contributed by atoms with E-state index in [0.717, 1.165) is 0 Å². The Kier molecular flexibility index (Phi) is 5.36. The third kappa shape index (κ3) is 4.10. The van der Waals surface area contributed by atoms with Crippen LogP contribution in [0.1, 0.15) is 18.4 Å².